The molecule has 1 nitrogen and oxygen atoms in total. The van der Waals surface area contributed by atoms with Crippen LogP contribution in [0.25, 0.3) is 33.2 Å². The molecule has 0 atom stereocenters. The second-order valence-corrected chi connectivity index (χ2v) is 17.8. The predicted octanol–water partition coefficient (Wildman–Crippen LogP) is 9.76. The first-order valence-corrected chi connectivity index (χ1v) is 16.6. The molecular weight excluding hydrogens is 438 g/mol. The third kappa shape index (κ3) is 5.00. The number of nitrogens with zero attached hydrogens (tertiary/aromatic N) is 1. The van der Waals surface area contributed by atoms with Crippen molar-refractivity contribution in [2.24, 2.45) is 0 Å². The van der Waals surface area contributed by atoms with Crippen LogP contribution in [0, 0.1) is 6.92 Å². The Kier molecular flexibility index (Phi) is 6.21. The molecule has 1 aliphatic heterocycles. The van der Waals surface area contributed by atoms with Gasteiger partial charge in [0.25, 0.3) is 0 Å². The van der Waals surface area contributed by atoms with Gasteiger partial charge in [0.15, 0.2) is 0 Å². The van der Waals surface area contributed by atoms with Crippen LogP contribution in [0.1, 0.15) is 56.2 Å². The topological polar surface area (TPSA) is 12.9 Å². The van der Waals surface area contributed by atoms with Crippen molar-refractivity contribution in [3.63, 3.8) is 0 Å². The van der Waals surface area contributed by atoms with Crippen molar-refractivity contribution < 1.29 is 0 Å². The van der Waals surface area contributed by atoms with Crippen molar-refractivity contribution in [1.82, 2.24) is 4.98 Å². The summed E-state index contributed by atoms with van der Waals surface area (Å²) in [4.78, 5) is 4.80. The highest BCUT2D eigenvalue weighted by molar-refractivity contribution is 6.77. The monoisotopic (exact) mass is 477 g/mol. The van der Waals surface area contributed by atoms with E-state index in [9.17, 15) is 0 Å². The van der Waals surface area contributed by atoms with E-state index in [0.717, 1.165) is 11.6 Å². The Morgan fingerprint density at radius 1 is 0.829 bits per heavy atom. The van der Waals surface area contributed by atoms with E-state index in [-0.39, 0.29) is 5.41 Å². The smallest absolute Gasteiger partial charge is 0.0708 e. The quantitative estimate of drug-likeness (QED) is 0.268. The first-order chi connectivity index (χ1) is 16.6. The fourth-order valence-electron chi connectivity index (χ4n) is 5.83. The average Bonchev–Trinajstić information content (AvgIpc) is 2.83. The van der Waals surface area contributed by atoms with E-state index >= 15 is 0 Å². The zero-order valence-corrected chi connectivity index (χ0v) is 23.3. The van der Waals surface area contributed by atoms with E-state index in [1.807, 2.05) is 6.20 Å². The van der Waals surface area contributed by atoms with Gasteiger partial charge in [0.1, 0.15) is 0 Å². The Hall–Kier alpha value is -2.71. The molecule has 1 saturated heterocycles. The number of fused-ring (bicyclic) bond motifs is 1. The Balaban J connectivity index is 1.50. The highest BCUT2D eigenvalue weighted by atomic mass is 28.3. The van der Waals surface area contributed by atoms with Crippen LogP contribution >= 0.6 is 0 Å². The van der Waals surface area contributed by atoms with Gasteiger partial charge < -0.3 is 0 Å². The van der Waals surface area contributed by atoms with Gasteiger partial charge in [-0.1, -0.05) is 88.4 Å². The summed E-state index contributed by atoms with van der Waals surface area (Å²) in [6, 6.07) is 27.9. The molecule has 5 rings (SSSR count). The van der Waals surface area contributed by atoms with E-state index in [1.54, 1.807) is 0 Å². The summed E-state index contributed by atoms with van der Waals surface area (Å²) in [7, 11) is -0.921. The van der Waals surface area contributed by atoms with Gasteiger partial charge in [0.2, 0.25) is 0 Å². The van der Waals surface area contributed by atoms with Crippen molar-refractivity contribution in [2.45, 2.75) is 77.1 Å². The Morgan fingerprint density at radius 2 is 1.57 bits per heavy atom. The number of aryl methyl sites for hydroxylation is 1. The maximum absolute atomic E-state index is 4.80. The summed E-state index contributed by atoms with van der Waals surface area (Å²) < 4.78 is 0. The average molecular weight is 478 g/mol. The van der Waals surface area contributed by atoms with E-state index < -0.39 is 8.07 Å². The second kappa shape index (κ2) is 9.06. The van der Waals surface area contributed by atoms with Gasteiger partial charge >= 0.3 is 0 Å². The lowest BCUT2D eigenvalue weighted by molar-refractivity contribution is 0.596. The summed E-state index contributed by atoms with van der Waals surface area (Å²) in [6.45, 7) is 14.3. The molecule has 0 aliphatic carbocycles. The molecule has 0 saturated carbocycles. The third-order valence-corrected chi connectivity index (χ3v) is 11.4. The molecule has 0 bridgehead atoms. The molecule has 180 valence electrons. The highest BCUT2D eigenvalue weighted by Gasteiger charge is 2.29. The van der Waals surface area contributed by atoms with E-state index in [4.69, 9.17) is 4.98 Å². The van der Waals surface area contributed by atoms with Crippen LogP contribution in [0.4, 0.5) is 0 Å². The number of hydrogen-bond acceptors (Lipinski definition) is 1. The molecular formula is C33H39NSi. The molecule has 0 N–H and O–H groups in total. The molecule has 1 aliphatic rings. The molecule has 1 fully saturated rings. The largest absolute Gasteiger partial charge is 0.256 e. The molecule has 35 heavy (non-hydrogen) atoms. The molecule has 2 heteroatoms. The van der Waals surface area contributed by atoms with Crippen LogP contribution in [0.5, 0.6) is 0 Å². The van der Waals surface area contributed by atoms with Crippen LogP contribution in [0.15, 0.2) is 72.9 Å². The molecule has 0 radical (unpaired) electrons. The number of benzene rings is 3. The van der Waals surface area contributed by atoms with Gasteiger partial charge in [-0.2, -0.15) is 0 Å². The van der Waals surface area contributed by atoms with Gasteiger partial charge in [-0.3, -0.25) is 4.98 Å². The second-order valence-electron chi connectivity index (χ2n) is 12.4. The predicted molar refractivity (Wildman–Crippen MR) is 155 cm³/mol. The lowest BCUT2D eigenvalue weighted by Gasteiger charge is -2.33. The molecule has 0 amide bonds. The van der Waals surface area contributed by atoms with Crippen LogP contribution in [0.2, 0.25) is 25.2 Å². The molecule has 1 aromatic heterocycles. The van der Waals surface area contributed by atoms with Crippen LogP contribution in [-0.4, -0.2) is 13.1 Å². The van der Waals surface area contributed by atoms with E-state index in [0.29, 0.717) is 0 Å². The normalized spacial score (nSPS) is 16.5. The maximum Gasteiger partial charge on any atom is 0.0708 e. The Labute approximate surface area is 212 Å². The summed E-state index contributed by atoms with van der Waals surface area (Å²) in [5, 5.41) is 2.61. The van der Waals surface area contributed by atoms with Crippen LogP contribution in [-0.2, 0) is 5.41 Å². The lowest BCUT2D eigenvalue weighted by atomic mass is 9.82. The minimum Gasteiger partial charge on any atom is -0.256 e. The Bertz CT molecular complexity index is 1370. The summed E-state index contributed by atoms with van der Waals surface area (Å²) >= 11 is 0. The van der Waals surface area contributed by atoms with Gasteiger partial charge in [0.05, 0.1) is 5.69 Å². The lowest BCUT2D eigenvalue weighted by Crippen LogP contribution is -2.30. The first kappa shape index (κ1) is 24.0. The zero-order valence-electron chi connectivity index (χ0n) is 22.3. The molecule has 4 aromatic rings. The standard InChI is InChI=1S/C33H39NSi/c1-23-19-25(24-14-17-35(5,6)18-15-24)11-12-29(23)27-13-16-34-32(22-27)28-20-26-9-7-8-10-30(26)31(21-28)33(2,3)4/h7-13,16,19-22,24H,14-15,17-18H2,1-6H3. The van der Waals surface area contributed by atoms with Crippen LogP contribution < -0.4 is 0 Å². The molecule has 2 heterocycles. The van der Waals surface area contributed by atoms with Gasteiger partial charge in [-0.15, -0.1) is 0 Å². The molecule has 0 unspecified atom stereocenters. The first-order valence-electron chi connectivity index (χ1n) is 13.2. The number of rotatable bonds is 3. The number of pyridine rings is 1. The van der Waals surface area contributed by atoms with Crippen molar-refractivity contribution in [2.75, 3.05) is 0 Å². The van der Waals surface area contributed by atoms with Crippen molar-refractivity contribution in [1.29, 1.82) is 0 Å². The summed E-state index contributed by atoms with van der Waals surface area (Å²) in [5.41, 5.74) is 9.15. The zero-order chi connectivity index (χ0) is 24.8. The molecule has 0 spiro atoms. The summed E-state index contributed by atoms with van der Waals surface area (Å²) in [5.74, 6) is 0.740. The summed E-state index contributed by atoms with van der Waals surface area (Å²) in [6.07, 6.45) is 4.71. The van der Waals surface area contributed by atoms with Crippen molar-refractivity contribution in [3.05, 3.63) is 89.6 Å². The minimum absolute atomic E-state index is 0.0659. The van der Waals surface area contributed by atoms with Crippen molar-refractivity contribution >= 4 is 18.8 Å². The SMILES string of the molecule is Cc1cc(C2CC[Si](C)(C)CC2)ccc1-c1ccnc(-c2cc(C(C)(C)C)c3ccccc3c2)c1. The van der Waals surface area contributed by atoms with Gasteiger partial charge in [-0.05, 0) is 94.0 Å². The number of hydrogen-bond donors (Lipinski definition) is 0. The van der Waals surface area contributed by atoms with E-state index in [2.05, 4.69) is 108 Å². The fraction of sp³-hybridized carbons (Fsp3) is 0.364. The fourth-order valence-corrected chi connectivity index (χ4v) is 8.34. The highest BCUT2D eigenvalue weighted by Crippen LogP contribution is 2.40. The van der Waals surface area contributed by atoms with Gasteiger partial charge in [-0.25, -0.2) is 0 Å². The Morgan fingerprint density at radius 3 is 2.29 bits per heavy atom. The van der Waals surface area contributed by atoms with E-state index in [1.165, 1.54) is 69.1 Å². The molecule has 3 aromatic carbocycles. The third-order valence-electron chi connectivity index (χ3n) is 8.10. The van der Waals surface area contributed by atoms with Crippen LogP contribution in [0.3, 0.4) is 0 Å². The van der Waals surface area contributed by atoms with Crippen molar-refractivity contribution in [3.8, 4) is 22.4 Å². The minimum atomic E-state index is -0.921. The maximum atomic E-state index is 4.80. The number of aromatic nitrogens is 1. The van der Waals surface area contributed by atoms with Gasteiger partial charge in [0, 0.05) is 19.8 Å².